The molecule has 5 heteroatoms. The number of nitrogens with one attached hydrogen (secondary N) is 1. The number of carbonyl (C=O) groups is 2. The van der Waals surface area contributed by atoms with E-state index in [0.29, 0.717) is 18.4 Å². The number of ether oxygens (including phenoxy) is 1. The minimum absolute atomic E-state index is 0.250. The van der Waals surface area contributed by atoms with Crippen LogP contribution in [0.2, 0.25) is 0 Å². The van der Waals surface area contributed by atoms with E-state index < -0.39 is 5.54 Å². The second kappa shape index (κ2) is 7.45. The van der Waals surface area contributed by atoms with E-state index in [2.05, 4.69) is 45.0 Å². The average Bonchev–Trinajstić information content (AvgIpc) is 2.65. The van der Waals surface area contributed by atoms with Crippen LogP contribution in [0, 0.1) is 0 Å². The average molecular weight is 397 g/mol. The van der Waals surface area contributed by atoms with Gasteiger partial charge >= 0.3 is 5.97 Å². The lowest BCUT2D eigenvalue weighted by Crippen LogP contribution is -2.71. The number of likely N-dealkylation sites (tertiary alicyclic amines) is 1. The summed E-state index contributed by atoms with van der Waals surface area (Å²) in [4.78, 5) is 28.6. The maximum Gasteiger partial charge on any atom is 0.331 e. The Morgan fingerprint density at radius 3 is 2.17 bits per heavy atom. The summed E-state index contributed by atoms with van der Waals surface area (Å²) in [7, 11) is 2.07. The normalized spacial score (nSPS) is 20.2. The van der Waals surface area contributed by atoms with Crippen LogP contribution >= 0.6 is 0 Å². The molecule has 1 aliphatic rings. The standard InChI is InChI=1S/C24H32N2O3/c1-7-29-21(28)24(15-22(2,3)26(6)23(4,5)16-24)25-20(27)19-13-12-17-10-8-9-11-18(17)14-19/h8-14H,7,15-16H2,1-6H3,(H,25,27). The summed E-state index contributed by atoms with van der Waals surface area (Å²) < 4.78 is 5.44. The molecule has 1 saturated heterocycles. The van der Waals surface area contributed by atoms with Crippen molar-refractivity contribution in [2.24, 2.45) is 0 Å². The van der Waals surface area contributed by atoms with E-state index in [1.165, 1.54) is 0 Å². The molecule has 0 atom stereocenters. The molecule has 0 spiro atoms. The monoisotopic (exact) mass is 396 g/mol. The molecule has 1 heterocycles. The van der Waals surface area contributed by atoms with E-state index in [4.69, 9.17) is 4.74 Å². The topological polar surface area (TPSA) is 58.6 Å². The van der Waals surface area contributed by atoms with E-state index in [1.807, 2.05) is 42.5 Å². The quantitative estimate of drug-likeness (QED) is 0.789. The Morgan fingerprint density at radius 1 is 1.00 bits per heavy atom. The van der Waals surface area contributed by atoms with Crippen LogP contribution in [0.3, 0.4) is 0 Å². The van der Waals surface area contributed by atoms with Crippen LogP contribution in [0.15, 0.2) is 42.5 Å². The number of esters is 1. The fourth-order valence-corrected chi connectivity index (χ4v) is 4.77. The number of hydrogen-bond acceptors (Lipinski definition) is 4. The van der Waals surface area contributed by atoms with Crippen molar-refractivity contribution in [2.45, 2.75) is 64.1 Å². The predicted octanol–water partition coefficient (Wildman–Crippen LogP) is 4.15. The molecule has 0 bridgehead atoms. The Morgan fingerprint density at radius 2 is 1.59 bits per heavy atom. The summed E-state index contributed by atoms with van der Waals surface area (Å²) in [6.45, 7) is 10.5. The van der Waals surface area contributed by atoms with Crippen LogP contribution in [0.1, 0.15) is 57.8 Å². The summed E-state index contributed by atoms with van der Waals surface area (Å²) >= 11 is 0. The van der Waals surface area contributed by atoms with Crippen molar-refractivity contribution in [3.8, 4) is 0 Å². The van der Waals surface area contributed by atoms with Crippen LogP contribution in [0.4, 0.5) is 0 Å². The van der Waals surface area contributed by atoms with Gasteiger partial charge in [-0.1, -0.05) is 30.3 Å². The lowest BCUT2D eigenvalue weighted by molar-refractivity contribution is -0.160. The van der Waals surface area contributed by atoms with Gasteiger partial charge in [-0.3, -0.25) is 9.69 Å². The molecule has 5 nitrogen and oxygen atoms in total. The number of nitrogens with zero attached hydrogens (tertiary/aromatic N) is 1. The van der Waals surface area contributed by atoms with Crippen molar-refractivity contribution in [3.63, 3.8) is 0 Å². The number of piperidine rings is 1. The molecular weight excluding hydrogens is 364 g/mol. The van der Waals surface area contributed by atoms with Crippen LogP contribution in [0.25, 0.3) is 10.8 Å². The molecule has 0 unspecified atom stereocenters. The van der Waals surface area contributed by atoms with Gasteiger partial charge in [0.05, 0.1) is 6.61 Å². The molecule has 1 aliphatic heterocycles. The van der Waals surface area contributed by atoms with E-state index in [-0.39, 0.29) is 29.6 Å². The Labute approximate surface area is 173 Å². The zero-order chi connectivity index (χ0) is 21.4. The van der Waals surface area contributed by atoms with Crippen LogP contribution in [-0.2, 0) is 9.53 Å². The summed E-state index contributed by atoms with van der Waals surface area (Å²) in [6.07, 6.45) is 0.968. The van der Waals surface area contributed by atoms with Gasteiger partial charge in [-0.2, -0.15) is 0 Å². The molecule has 2 aromatic carbocycles. The fraction of sp³-hybridized carbons (Fsp3) is 0.500. The van der Waals surface area contributed by atoms with Crippen molar-refractivity contribution >= 4 is 22.6 Å². The summed E-state index contributed by atoms with van der Waals surface area (Å²) in [5.74, 6) is -0.608. The molecule has 0 aliphatic carbocycles. The fourth-order valence-electron chi connectivity index (χ4n) is 4.77. The van der Waals surface area contributed by atoms with Crippen molar-refractivity contribution in [1.29, 1.82) is 0 Å². The van der Waals surface area contributed by atoms with Gasteiger partial charge in [-0.05, 0) is 77.4 Å². The van der Waals surface area contributed by atoms with Crippen LogP contribution < -0.4 is 5.32 Å². The lowest BCUT2D eigenvalue weighted by atomic mass is 9.69. The van der Waals surface area contributed by atoms with Crippen molar-refractivity contribution in [1.82, 2.24) is 10.2 Å². The second-order valence-corrected chi connectivity index (χ2v) is 9.36. The number of rotatable bonds is 4. The number of benzene rings is 2. The zero-order valence-corrected chi connectivity index (χ0v) is 18.3. The Balaban J connectivity index is 1.98. The third-order valence-electron chi connectivity index (χ3n) is 6.32. The highest BCUT2D eigenvalue weighted by molar-refractivity contribution is 6.01. The largest absolute Gasteiger partial charge is 0.464 e. The first-order valence-corrected chi connectivity index (χ1v) is 10.2. The SMILES string of the molecule is CCOC(=O)C1(NC(=O)c2ccc3ccccc3c2)CC(C)(C)N(C)C(C)(C)C1. The van der Waals surface area contributed by atoms with E-state index in [9.17, 15) is 9.59 Å². The van der Waals surface area contributed by atoms with Crippen LogP contribution in [-0.4, -0.2) is 47.0 Å². The molecule has 29 heavy (non-hydrogen) atoms. The number of amides is 1. The molecule has 1 amide bonds. The van der Waals surface area contributed by atoms with Gasteiger partial charge in [0.2, 0.25) is 0 Å². The third-order valence-corrected chi connectivity index (χ3v) is 6.32. The van der Waals surface area contributed by atoms with E-state index in [1.54, 1.807) is 6.92 Å². The first-order valence-electron chi connectivity index (χ1n) is 10.2. The van der Waals surface area contributed by atoms with Crippen molar-refractivity contribution < 1.29 is 14.3 Å². The number of hydrogen-bond donors (Lipinski definition) is 1. The molecular formula is C24H32N2O3. The van der Waals surface area contributed by atoms with E-state index in [0.717, 1.165) is 10.8 Å². The van der Waals surface area contributed by atoms with Gasteiger partial charge < -0.3 is 10.1 Å². The molecule has 3 rings (SSSR count). The maximum atomic E-state index is 13.2. The van der Waals surface area contributed by atoms with E-state index >= 15 is 0 Å². The number of fused-ring (bicyclic) bond motifs is 1. The minimum Gasteiger partial charge on any atom is -0.464 e. The van der Waals surface area contributed by atoms with Gasteiger partial charge in [0.25, 0.3) is 5.91 Å². The van der Waals surface area contributed by atoms with Gasteiger partial charge in [-0.15, -0.1) is 0 Å². The zero-order valence-electron chi connectivity index (χ0n) is 18.3. The maximum absolute atomic E-state index is 13.2. The highest BCUT2D eigenvalue weighted by Crippen LogP contribution is 2.43. The Kier molecular flexibility index (Phi) is 5.48. The molecule has 2 aromatic rings. The van der Waals surface area contributed by atoms with Gasteiger partial charge in [0.15, 0.2) is 0 Å². The smallest absolute Gasteiger partial charge is 0.331 e. The predicted molar refractivity (Wildman–Crippen MR) is 116 cm³/mol. The van der Waals surface area contributed by atoms with Crippen molar-refractivity contribution in [2.75, 3.05) is 13.7 Å². The first-order chi connectivity index (χ1) is 13.5. The molecule has 0 aromatic heterocycles. The Hall–Kier alpha value is -2.40. The molecule has 0 saturated carbocycles. The van der Waals surface area contributed by atoms with Crippen LogP contribution in [0.5, 0.6) is 0 Å². The molecule has 1 N–H and O–H groups in total. The highest BCUT2D eigenvalue weighted by atomic mass is 16.5. The molecule has 1 fully saturated rings. The lowest BCUT2D eigenvalue weighted by Gasteiger charge is -2.57. The second-order valence-electron chi connectivity index (χ2n) is 9.36. The highest BCUT2D eigenvalue weighted by Gasteiger charge is 2.56. The number of carbonyl (C=O) groups excluding carboxylic acids is 2. The molecule has 156 valence electrons. The summed E-state index contributed by atoms with van der Waals surface area (Å²) in [6, 6.07) is 13.5. The van der Waals surface area contributed by atoms with Gasteiger partial charge in [-0.25, -0.2) is 4.79 Å². The summed E-state index contributed by atoms with van der Waals surface area (Å²) in [5.41, 5.74) is -1.10. The molecule has 0 radical (unpaired) electrons. The Bertz CT molecular complexity index is 915. The first kappa shape index (κ1) is 21.3. The van der Waals surface area contributed by atoms with Crippen molar-refractivity contribution in [3.05, 3.63) is 48.0 Å². The van der Waals surface area contributed by atoms with Gasteiger partial charge in [0, 0.05) is 16.6 Å². The van der Waals surface area contributed by atoms with Gasteiger partial charge in [0.1, 0.15) is 5.54 Å². The third kappa shape index (κ3) is 4.01. The summed E-state index contributed by atoms with van der Waals surface area (Å²) in [5, 5.41) is 5.16. The minimum atomic E-state index is -1.07.